The largest absolute Gasteiger partial charge is 0.477 e. The first-order valence-electron chi connectivity index (χ1n) is 6.31. The minimum absolute atomic E-state index is 0.123. The maximum absolute atomic E-state index is 12.2. The summed E-state index contributed by atoms with van der Waals surface area (Å²) in [7, 11) is 0. The molecule has 0 atom stereocenters. The van der Waals surface area contributed by atoms with E-state index >= 15 is 0 Å². The van der Waals surface area contributed by atoms with Crippen LogP contribution in [0.5, 0.6) is 5.88 Å². The number of benzene rings is 1. The molecule has 0 saturated carbocycles. The number of nitrogens with zero attached hydrogens (tertiary/aromatic N) is 1. The fourth-order valence-corrected chi connectivity index (χ4v) is 2.16. The van der Waals surface area contributed by atoms with Gasteiger partial charge >= 0.3 is 0 Å². The van der Waals surface area contributed by atoms with Crippen LogP contribution in [0, 0.1) is 0 Å². The number of rotatable bonds is 1. The van der Waals surface area contributed by atoms with Crippen molar-refractivity contribution in [2.45, 2.75) is 6.42 Å². The Morgan fingerprint density at radius 3 is 2.84 bits per heavy atom. The van der Waals surface area contributed by atoms with Crippen molar-refractivity contribution in [2.75, 3.05) is 13.2 Å². The fraction of sp³-hybridized carbons (Fsp3) is 0.200. The molecule has 4 nitrogen and oxygen atoms in total. The summed E-state index contributed by atoms with van der Waals surface area (Å²) in [5.74, 6) is 0.292. The van der Waals surface area contributed by atoms with Crippen molar-refractivity contribution in [1.29, 1.82) is 0 Å². The van der Waals surface area contributed by atoms with Crippen LogP contribution in [-0.4, -0.2) is 24.0 Å². The van der Waals surface area contributed by atoms with Gasteiger partial charge < -0.3 is 10.1 Å². The quantitative estimate of drug-likeness (QED) is 0.849. The molecule has 3 rings (SSSR count). The van der Waals surface area contributed by atoms with Crippen molar-refractivity contribution in [3.8, 4) is 17.0 Å². The minimum atomic E-state index is -0.123. The van der Waals surface area contributed by atoms with E-state index in [1.54, 1.807) is 6.20 Å². The number of hydrogen-bond acceptors (Lipinski definition) is 3. The molecule has 2 aromatic rings. The summed E-state index contributed by atoms with van der Waals surface area (Å²) in [6.45, 7) is 1.19. The molecule has 19 heavy (non-hydrogen) atoms. The van der Waals surface area contributed by atoms with Gasteiger partial charge in [0.05, 0.1) is 6.61 Å². The molecule has 0 radical (unpaired) electrons. The van der Waals surface area contributed by atoms with Crippen molar-refractivity contribution < 1.29 is 9.53 Å². The first kappa shape index (κ1) is 11.7. The molecule has 1 aliphatic rings. The fourth-order valence-electron chi connectivity index (χ4n) is 2.16. The summed E-state index contributed by atoms with van der Waals surface area (Å²) < 4.78 is 5.59. The average molecular weight is 254 g/mol. The third kappa shape index (κ3) is 2.29. The van der Waals surface area contributed by atoms with E-state index in [2.05, 4.69) is 10.3 Å². The van der Waals surface area contributed by atoms with Gasteiger partial charge in [0, 0.05) is 18.3 Å². The summed E-state index contributed by atoms with van der Waals surface area (Å²) >= 11 is 0. The molecule has 0 bridgehead atoms. The monoisotopic (exact) mass is 254 g/mol. The number of carbonyl (C=O) groups is 1. The lowest BCUT2D eigenvalue weighted by Gasteiger charge is -2.17. The van der Waals surface area contributed by atoms with Gasteiger partial charge in [-0.15, -0.1) is 0 Å². The van der Waals surface area contributed by atoms with E-state index in [1.165, 1.54) is 0 Å². The highest BCUT2D eigenvalue weighted by Gasteiger charge is 2.21. The van der Waals surface area contributed by atoms with Crippen LogP contribution >= 0.6 is 0 Å². The molecule has 0 spiro atoms. The van der Waals surface area contributed by atoms with Gasteiger partial charge in [-0.05, 0) is 18.1 Å². The van der Waals surface area contributed by atoms with Crippen molar-refractivity contribution in [1.82, 2.24) is 10.3 Å². The number of carbonyl (C=O) groups excluding carboxylic acids is 1. The standard InChI is InChI=1S/C15H14N2O2/c18-14-13-12(11-5-2-1-3-6-11)7-9-17-15(13)19-10-4-8-16-14/h1-3,5-7,9H,4,8,10H2,(H,16,18). The van der Waals surface area contributed by atoms with Gasteiger partial charge in [-0.3, -0.25) is 4.79 Å². The molecule has 1 aliphatic heterocycles. The molecule has 0 saturated heterocycles. The van der Waals surface area contributed by atoms with Gasteiger partial charge in [-0.1, -0.05) is 30.3 Å². The molecule has 0 aliphatic carbocycles. The summed E-state index contributed by atoms with van der Waals surface area (Å²) in [6.07, 6.45) is 2.47. The normalized spacial score (nSPS) is 14.6. The zero-order valence-corrected chi connectivity index (χ0v) is 10.4. The lowest BCUT2D eigenvalue weighted by molar-refractivity contribution is 0.0939. The van der Waals surface area contributed by atoms with Crippen molar-refractivity contribution in [3.05, 3.63) is 48.2 Å². The first-order chi connectivity index (χ1) is 9.36. The molecular weight excluding hydrogens is 240 g/mol. The summed E-state index contributed by atoms with van der Waals surface area (Å²) in [5, 5.41) is 2.89. The zero-order valence-electron chi connectivity index (χ0n) is 10.4. The van der Waals surface area contributed by atoms with Crippen LogP contribution in [0.4, 0.5) is 0 Å². The van der Waals surface area contributed by atoms with E-state index < -0.39 is 0 Å². The van der Waals surface area contributed by atoms with Crippen molar-refractivity contribution in [3.63, 3.8) is 0 Å². The highest BCUT2D eigenvalue weighted by molar-refractivity contribution is 6.03. The van der Waals surface area contributed by atoms with E-state index in [9.17, 15) is 4.79 Å². The number of nitrogens with one attached hydrogen (secondary N) is 1. The van der Waals surface area contributed by atoms with E-state index in [-0.39, 0.29) is 5.91 Å². The second-order valence-corrected chi connectivity index (χ2v) is 4.36. The van der Waals surface area contributed by atoms with Gasteiger partial charge in [0.2, 0.25) is 5.88 Å². The van der Waals surface area contributed by atoms with Crippen LogP contribution in [0.1, 0.15) is 16.8 Å². The Hall–Kier alpha value is -2.36. The van der Waals surface area contributed by atoms with E-state index in [0.29, 0.717) is 24.6 Å². The SMILES string of the molecule is O=C1NCCCOc2nccc(-c3ccccc3)c21. The molecule has 0 fully saturated rings. The lowest BCUT2D eigenvalue weighted by atomic mass is 10.0. The molecule has 0 unspecified atom stereocenters. The number of amides is 1. The Kier molecular flexibility index (Phi) is 3.14. The highest BCUT2D eigenvalue weighted by atomic mass is 16.5. The van der Waals surface area contributed by atoms with Crippen LogP contribution < -0.4 is 10.1 Å². The van der Waals surface area contributed by atoms with Crippen LogP contribution in [0.25, 0.3) is 11.1 Å². The molecular formula is C15H14N2O2. The van der Waals surface area contributed by atoms with Gasteiger partial charge in [0.15, 0.2) is 0 Å². The molecule has 2 heterocycles. The topological polar surface area (TPSA) is 51.2 Å². The highest BCUT2D eigenvalue weighted by Crippen LogP contribution is 2.29. The third-order valence-electron chi connectivity index (χ3n) is 3.07. The maximum atomic E-state index is 12.2. The number of fused-ring (bicyclic) bond motifs is 1. The molecule has 1 N–H and O–H groups in total. The van der Waals surface area contributed by atoms with Crippen LogP contribution in [0.2, 0.25) is 0 Å². The zero-order chi connectivity index (χ0) is 13.1. The summed E-state index contributed by atoms with van der Waals surface area (Å²) in [4.78, 5) is 16.4. The third-order valence-corrected chi connectivity index (χ3v) is 3.07. The number of hydrogen-bond donors (Lipinski definition) is 1. The second-order valence-electron chi connectivity index (χ2n) is 4.36. The minimum Gasteiger partial charge on any atom is -0.477 e. The number of ether oxygens (including phenoxy) is 1. The predicted molar refractivity (Wildman–Crippen MR) is 72.1 cm³/mol. The first-order valence-corrected chi connectivity index (χ1v) is 6.31. The van der Waals surface area contributed by atoms with Gasteiger partial charge in [-0.25, -0.2) is 4.98 Å². The Labute approximate surface area is 111 Å². The van der Waals surface area contributed by atoms with E-state index in [0.717, 1.165) is 17.5 Å². The van der Waals surface area contributed by atoms with Gasteiger partial charge in [-0.2, -0.15) is 0 Å². The smallest absolute Gasteiger partial charge is 0.257 e. The van der Waals surface area contributed by atoms with Gasteiger partial charge in [0.25, 0.3) is 5.91 Å². The summed E-state index contributed by atoms with van der Waals surface area (Å²) in [6, 6.07) is 11.6. The van der Waals surface area contributed by atoms with E-state index in [1.807, 2.05) is 36.4 Å². The Balaban J connectivity index is 2.16. The van der Waals surface area contributed by atoms with Crippen LogP contribution in [-0.2, 0) is 0 Å². The summed E-state index contributed by atoms with van der Waals surface area (Å²) in [5.41, 5.74) is 2.36. The van der Waals surface area contributed by atoms with Crippen LogP contribution in [0.3, 0.4) is 0 Å². The Bertz CT molecular complexity index is 596. The van der Waals surface area contributed by atoms with Crippen molar-refractivity contribution in [2.24, 2.45) is 0 Å². The van der Waals surface area contributed by atoms with Crippen LogP contribution in [0.15, 0.2) is 42.6 Å². The number of aromatic nitrogens is 1. The van der Waals surface area contributed by atoms with Crippen molar-refractivity contribution >= 4 is 5.91 Å². The molecule has 4 heteroatoms. The molecule has 1 aromatic carbocycles. The molecule has 1 amide bonds. The van der Waals surface area contributed by atoms with E-state index in [4.69, 9.17) is 4.74 Å². The average Bonchev–Trinajstić information content (AvgIpc) is 2.45. The Morgan fingerprint density at radius 2 is 2.00 bits per heavy atom. The second kappa shape index (κ2) is 5.10. The predicted octanol–water partition coefficient (Wildman–Crippen LogP) is 2.26. The lowest BCUT2D eigenvalue weighted by Crippen LogP contribution is -2.29. The number of pyridine rings is 1. The Morgan fingerprint density at radius 1 is 1.16 bits per heavy atom. The molecule has 1 aromatic heterocycles. The van der Waals surface area contributed by atoms with Gasteiger partial charge in [0.1, 0.15) is 5.56 Å². The maximum Gasteiger partial charge on any atom is 0.257 e. The molecule has 96 valence electrons.